The molecule has 1 atom stereocenters. The summed E-state index contributed by atoms with van der Waals surface area (Å²) in [7, 11) is 1.71. The van der Waals surface area contributed by atoms with E-state index >= 15 is 0 Å². The van der Waals surface area contributed by atoms with Crippen molar-refractivity contribution in [2.45, 2.75) is 38.6 Å². The highest BCUT2D eigenvalue weighted by Crippen LogP contribution is 2.37. The molecule has 4 nitrogen and oxygen atoms in total. The lowest BCUT2D eigenvalue weighted by Gasteiger charge is -2.27. The van der Waals surface area contributed by atoms with Crippen LogP contribution in [0.1, 0.15) is 37.9 Å². The van der Waals surface area contributed by atoms with Crippen molar-refractivity contribution in [3.63, 3.8) is 0 Å². The summed E-state index contributed by atoms with van der Waals surface area (Å²) in [6.07, 6.45) is 2.13. The van der Waals surface area contributed by atoms with E-state index in [2.05, 4.69) is 48.1 Å². The molecule has 4 heteroatoms. The number of benzene rings is 1. The first kappa shape index (κ1) is 14.0. The molecule has 1 N–H and O–H groups in total. The number of nitrogens with one attached hydrogen (secondary N) is 1. The van der Waals surface area contributed by atoms with Gasteiger partial charge >= 0.3 is 0 Å². The molecule has 0 aliphatic carbocycles. The molecule has 112 valence electrons. The summed E-state index contributed by atoms with van der Waals surface area (Å²) < 4.78 is 7.46. The Balaban J connectivity index is 2.04. The lowest BCUT2D eigenvalue weighted by molar-refractivity contribution is 0.412. The second-order valence-corrected chi connectivity index (χ2v) is 5.84. The number of hydrogen-bond donors (Lipinski definition) is 1. The van der Waals surface area contributed by atoms with Gasteiger partial charge in [-0.25, -0.2) is 4.68 Å². The van der Waals surface area contributed by atoms with Gasteiger partial charge in [0.2, 0.25) is 0 Å². The molecule has 1 aliphatic rings. The van der Waals surface area contributed by atoms with E-state index in [9.17, 15) is 0 Å². The number of methoxy groups -OCH3 is 1. The van der Waals surface area contributed by atoms with Gasteiger partial charge in [0.15, 0.2) is 0 Å². The quantitative estimate of drug-likeness (QED) is 0.935. The molecule has 1 aliphatic heterocycles. The Bertz CT molecular complexity index is 611. The standard InChI is InChI=1S/C17H23N3O/c1-4-17(2,13-7-5-8-14(11-13)21-3)15-12-16-18-9-6-10-20(16)19-15/h5,7-8,11-12,18H,4,6,9-10H2,1-3H3. The van der Waals surface area contributed by atoms with Gasteiger partial charge < -0.3 is 10.1 Å². The zero-order chi connectivity index (χ0) is 14.9. The molecule has 0 saturated carbocycles. The van der Waals surface area contributed by atoms with Crippen LogP contribution in [0.3, 0.4) is 0 Å². The first-order chi connectivity index (χ1) is 10.2. The zero-order valence-corrected chi connectivity index (χ0v) is 13.0. The van der Waals surface area contributed by atoms with Gasteiger partial charge in [-0.1, -0.05) is 19.1 Å². The van der Waals surface area contributed by atoms with Gasteiger partial charge in [-0.2, -0.15) is 5.10 Å². The van der Waals surface area contributed by atoms with Crippen LogP contribution in [0.4, 0.5) is 5.82 Å². The van der Waals surface area contributed by atoms with Crippen LogP contribution in [0.5, 0.6) is 5.75 Å². The molecule has 2 aromatic rings. The number of ether oxygens (including phenoxy) is 1. The van der Waals surface area contributed by atoms with Gasteiger partial charge in [-0.05, 0) is 37.5 Å². The molecule has 0 amide bonds. The average Bonchev–Trinajstić information content (AvgIpc) is 2.98. The monoisotopic (exact) mass is 285 g/mol. The van der Waals surface area contributed by atoms with Gasteiger partial charge in [0.25, 0.3) is 0 Å². The van der Waals surface area contributed by atoms with Crippen LogP contribution in [0.15, 0.2) is 30.3 Å². The highest BCUT2D eigenvalue weighted by Gasteiger charge is 2.31. The van der Waals surface area contributed by atoms with Crippen LogP contribution < -0.4 is 10.1 Å². The fraction of sp³-hybridized carbons (Fsp3) is 0.471. The molecule has 0 saturated heterocycles. The Labute approximate surface area is 126 Å². The van der Waals surface area contributed by atoms with Gasteiger partial charge in [-0.15, -0.1) is 0 Å². The van der Waals surface area contributed by atoms with Crippen molar-refractivity contribution >= 4 is 5.82 Å². The average molecular weight is 285 g/mol. The third kappa shape index (κ3) is 2.39. The summed E-state index contributed by atoms with van der Waals surface area (Å²) in [6.45, 7) is 6.51. The third-order valence-electron chi connectivity index (χ3n) is 4.61. The second-order valence-electron chi connectivity index (χ2n) is 5.84. The SMILES string of the molecule is CCC(C)(c1cccc(OC)c1)c1cc2n(n1)CCCN2. The smallest absolute Gasteiger partial charge is 0.124 e. The molecule has 1 unspecified atom stereocenters. The van der Waals surface area contributed by atoms with Crippen LogP contribution in [0, 0.1) is 0 Å². The number of aromatic nitrogens is 2. The minimum Gasteiger partial charge on any atom is -0.497 e. The molecule has 3 rings (SSSR count). The minimum atomic E-state index is -0.0967. The maximum Gasteiger partial charge on any atom is 0.124 e. The predicted octanol–water partition coefficient (Wildman–Crippen LogP) is 3.42. The van der Waals surface area contributed by atoms with Crippen molar-refractivity contribution in [2.75, 3.05) is 19.0 Å². The lowest BCUT2D eigenvalue weighted by Crippen LogP contribution is -2.24. The number of anilines is 1. The number of nitrogens with zero attached hydrogens (tertiary/aromatic N) is 2. The number of rotatable bonds is 4. The Morgan fingerprint density at radius 3 is 2.95 bits per heavy atom. The van der Waals surface area contributed by atoms with Crippen molar-refractivity contribution in [3.8, 4) is 5.75 Å². The fourth-order valence-corrected chi connectivity index (χ4v) is 2.94. The normalized spacial score (nSPS) is 16.7. The van der Waals surface area contributed by atoms with E-state index in [1.54, 1.807) is 7.11 Å². The van der Waals surface area contributed by atoms with E-state index in [0.29, 0.717) is 0 Å². The van der Waals surface area contributed by atoms with Crippen LogP contribution in [-0.2, 0) is 12.0 Å². The molecule has 0 fully saturated rings. The van der Waals surface area contributed by atoms with Gasteiger partial charge in [0.05, 0.1) is 12.8 Å². The van der Waals surface area contributed by atoms with E-state index in [0.717, 1.165) is 43.2 Å². The minimum absolute atomic E-state index is 0.0967. The second kappa shape index (κ2) is 5.43. The maximum absolute atomic E-state index is 5.37. The molecule has 0 spiro atoms. The summed E-state index contributed by atoms with van der Waals surface area (Å²) in [5.74, 6) is 2.04. The van der Waals surface area contributed by atoms with E-state index in [1.807, 2.05) is 6.07 Å². The number of aryl methyl sites for hydroxylation is 1. The Hall–Kier alpha value is -1.97. The highest BCUT2D eigenvalue weighted by atomic mass is 16.5. The summed E-state index contributed by atoms with van der Waals surface area (Å²) >= 11 is 0. The largest absolute Gasteiger partial charge is 0.497 e. The molecule has 1 aromatic carbocycles. The summed E-state index contributed by atoms with van der Waals surface area (Å²) in [5, 5.41) is 8.27. The first-order valence-electron chi connectivity index (χ1n) is 7.64. The molecule has 0 radical (unpaired) electrons. The molecular formula is C17H23N3O. The Morgan fingerprint density at radius 1 is 1.38 bits per heavy atom. The zero-order valence-electron chi connectivity index (χ0n) is 13.0. The van der Waals surface area contributed by atoms with Crippen molar-refractivity contribution in [1.29, 1.82) is 0 Å². The highest BCUT2D eigenvalue weighted by molar-refractivity contribution is 5.45. The number of hydrogen-bond acceptors (Lipinski definition) is 3. The molecular weight excluding hydrogens is 262 g/mol. The van der Waals surface area contributed by atoms with Crippen molar-refractivity contribution < 1.29 is 4.74 Å². The van der Waals surface area contributed by atoms with E-state index in [1.165, 1.54) is 5.56 Å². The van der Waals surface area contributed by atoms with Crippen LogP contribution in [-0.4, -0.2) is 23.4 Å². The van der Waals surface area contributed by atoms with Gasteiger partial charge in [-0.3, -0.25) is 0 Å². The van der Waals surface area contributed by atoms with Crippen LogP contribution in [0.2, 0.25) is 0 Å². The van der Waals surface area contributed by atoms with Gasteiger partial charge in [0, 0.05) is 24.6 Å². The first-order valence-corrected chi connectivity index (χ1v) is 7.64. The lowest BCUT2D eigenvalue weighted by atomic mass is 9.77. The van der Waals surface area contributed by atoms with E-state index < -0.39 is 0 Å². The summed E-state index contributed by atoms with van der Waals surface area (Å²) in [4.78, 5) is 0. The maximum atomic E-state index is 5.37. The van der Waals surface area contributed by atoms with E-state index in [-0.39, 0.29) is 5.41 Å². The van der Waals surface area contributed by atoms with E-state index in [4.69, 9.17) is 9.84 Å². The Kier molecular flexibility index (Phi) is 3.62. The third-order valence-corrected chi connectivity index (χ3v) is 4.61. The predicted molar refractivity (Wildman–Crippen MR) is 85.1 cm³/mol. The molecule has 1 aromatic heterocycles. The summed E-state index contributed by atoms with van der Waals surface area (Å²) in [6, 6.07) is 10.5. The van der Waals surface area contributed by atoms with Crippen molar-refractivity contribution in [3.05, 3.63) is 41.6 Å². The van der Waals surface area contributed by atoms with Gasteiger partial charge in [0.1, 0.15) is 11.6 Å². The van der Waals surface area contributed by atoms with Crippen molar-refractivity contribution in [1.82, 2.24) is 9.78 Å². The Morgan fingerprint density at radius 2 is 2.24 bits per heavy atom. The summed E-state index contributed by atoms with van der Waals surface area (Å²) in [5.41, 5.74) is 2.28. The van der Waals surface area contributed by atoms with Crippen LogP contribution in [0.25, 0.3) is 0 Å². The van der Waals surface area contributed by atoms with Crippen molar-refractivity contribution in [2.24, 2.45) is 0 Å². The molecule has 21 heavy (non-hydrogen) atoms. The molecule has 2 heterocycles. The molecule has 0 bridgehead atoms. The fourth-order valence-electron chi connectivity index (χ4n) is 2.94. The topological polar surface area (TPSA) is 39.1 Å². The van der Waals surface area contributed by atoms with Crippen LogP contribution >= 0.6 is 0 Å². The number of fused-ring (bicyclic) bond motifs is 1.